The largest absolute Gasteiger partial charge is 0.378 e. The van der Waals surface area contributed by atoms with E-state index in [2.05, 4.69) is 42.2 Å². The molecule has 2 aliphatic rings. The summed E-state index contributed by atoms with van der Waals surface area (Å²) >= 11 is 6.67. The first-order chi connectivity index (χ1) is 17.8. The predicted octanol–water partition coefficient (Wildman–Crippen LogP) is 4.80. The molecule has 2 amide bonds. The Bertz CT molecular complexity index is 1400. The molecule has 0 unspecified atom stereocenters. The number of nitrogens with zero attached hydrogens (tertiary/aromatic N) is 4. The van der Waals surface area contributed by atoms with Gasteiger partial charge in [0.2, 0.25) is 0 Å². The van der Waals surface area contributed by atoms with Gasteiger partial charge in [-0.1, -0.05) is 34.1 Å². The fourth-order valence-electron chi connectivity index (χ4n) is 4.58. The van der Waals surface area contributed by atoms with Crippen molar-refractivity contribution in [1.29, 1.82) is 0 Å². The average Bonchev–Trinajstić information content (AvgIpc) is 3.27. The SMILES string of the molecule is O=C(c1cc(Br)cc([N+](=O)[O-])c1N[C@H]1CN(C(=O)c2cncc(Br)c2)c2ccccc21)N1CCOCC1. The molecule has 12 heteroatoms. The third kappa shape index (κ3) is 5.09. The fraction of sp³-hybridized carbons (Fsp3) is 0.240. The number of nitro benzene ring substituents is 1. The minimum absolute atomic E-state index is 0.114. The Morgan fingerprint density at radius 1 is 1.05 bits per heavy atom. The molecule has 2 aliphatic heterocycles. The molecule has 0 bridgehead atoms. The van der Waals surface area contributed by atoms with Gasteiger partial charge >= 0.3 is 0 Å². The molecule has 0 radical (unpaired) electrons. The van der Waals surface area contributed by atoms with E-state index in [1.807, 2.05) is 24.3 Å². The number of pyridine rings is 1. The van der Waals surface area contributed by atoms with E-state index in [-0.39, 0.29) is 35.3 Å². The third-order valence-electron chi connectivity index (χ3n) is 6.29. The lowest BCUT2D eigenvalue weighted by Crippen LogP contribution is -2.41. The summed E-state index contributed by atoms with van der Waals surface area (Å²) in [6.07, 6.45) is 3.09. The smallest absolute Gasteiger partial charge is 0.294 e. The number of rotatable bonds is 5. The molecule has 10 nitrogen and oxygen atoms in total. The van der Waals surface area contributed by atoms with Gasteiger partial charge in [0.15, 0.2) is 0 Å². The highest BCUT2D eigenvalue weighted by molar-refractivity contribution is 9.10. The van der Waals surface area contributed by atoms with Crippen molar-refractivity contribution in [1.82, 2.24) is 9.88 Å². The van der Waals surface area contributed by atoms with Crippen LogP contribution in [-0.2, 0) is 4.74 Å². The van der Waals surface area contributed by atoms with E-state index >= 15 is 0 Å². The number of halogens is 2. The maximum atomic E-state index is 13.5. The zero-order chi connectivity index (χ0) is 26.1. The van der Waals surface area contributed by atoms with Crippen molar-refractivity contribution >= 4 is 60.7 Å². The highest BCUT2D eigenvalue weighted by atomic mass is 79.9. The van der Waals surface area contributed by atoms with E-state index in [1.54, 1.807) is 28.1 Å². The Labute approximate surface area is 229 Å². The van der Waals surface area contributed by atoms with Crippen molar-refractivity contribution < 1.29 is 19.2 Å². The van der Waals surface area contributed by atoms with Crippen LogP contribution in [-0.4, -0.2) is 59.5 Å². The normalized spacial score (nSPS) is 16.9. The van der Waals surface area contributed by atoms with Crippen molar-refractivity contribution in [2.75, 3.05) is 43.1 Å². The van der Waals surface area contributed by atoms with Crippen LogP contribution in [0, 0.1) is 10.1 Å². The molecule has 2 aromatic carbocycles. The van der Waals surface area contributed by atoms with Crippen molar-refractivity contribution in [3.63, 3.8) is 0 Å². The Kier molecular flexibility index (Phi) is 7.22. The second kappa shape index (κ2) is 10.6. The van der Waals surface area contributed by atoms with Crippen LogP contribution >= 0.6 is 31.9 Å². The van der Waals surface area contributed by atoms with Crippen molar-refractivity contribution in [3.05, 3.63) is 90.6 Å². The Hall–Kier alpha value is -3.35. The van der Waals surface area contributed by atoms with Crippen LogP contribution in [0.25, 0.3) is 0 Å². The summed E-state index contributed by atoms with van der Waals surface area (Å²) in [5.41, 5.74) is 1.95. The van der Waals surface area contributed by atoms with Crippen LogP contribution in [0.15, 0.2) is 63.8 Å². The molecule has 0 spiro atoms. The summed E-state index contributed by atoms with van der Waals surface area (Å²) in [5.74, 6) is -0.574. The fourth-order valence-corrected chi connectivity index (χ4v) is 5.39. The lowest BCUT2D eigenvalue weighted by Gasteiger charge is -2.28. The van der Waals surface area contributed by atoms with Gasteiger partial charge in [-0.15, -0.1) is 0 Å². The average molecular weight is 631 g/mol. The van der Waals surface area contributed by atoms with Gasteiger partial charge in [-0.3, -0.25) is 24.7 Å². The first-order valence-corrected chi connectivity index (χ1v) is 13.0. The molecule has 1 fully saturated rings. The molecule has 1 atom stereocenters. The molecule has 37 heavy (non-hydrogen) atoms. The molecule has 0 saturated carbocycles. The van der Waals surface area contributed by atoms with Gasteiger partial charge in [-0.25, -0.2) is 0 Å². The quantitative estimate of drug-likeness (QED) is 0.318. The van der Waals surface area contributed by atoms with Gasteiger partial charge in [0.1, 0.15) is 5.69 Å². The van der Waals surface area contributed by atoms with Crippen LogP contribution in [0.3, 0.4) is 0 Å². The lowest BCUT2D eigenvalue weighted by atomic mass is 10.1. The molecular formula is C25H21Br2N5O5. The van der Waals surface area contributed by atoms with Crippen LogP contribution in [0.4, 0.5) is 17.1 Å². The predicted molar refractivity (Wildman–Crippen MR) is 144 cm³/mol. The summed E-state index contributed by atoms with van der Waals surface area (Å²) in [6, 6.07) is 11.5. The van der Waals surface area contributed by atoms with E-state index in [0.29, 0.717) is 46.5 Å². The number of hydrogen-bond acceptors (Lipinski definition) is 7. The van der Waals surface area contributed by atoms with Gasteiger partial charge in [0, 0.05) is 46.2 Å². The van der Waals surface area contributed by atoms with E-state index < -0.39 is 11.0 Å². The van der Waals surface area contributed by atoms with Crippen molar-refractivity contribution in [2.24, 2.45) is 0 Å². The molecule has 5 rings (SSSR count). The summed E-state index contributed by atoms with van der Waals surface area (Å²) in [6.45, 7) is 1.81. The highest BCUT2D eigenvalue weighted by Crippen LogP contribution is 2.41. The Morgan fingerprint density at radius 2 is 1.81 bits per heavy atom. The van der Waals surface area contributed by atoms with E-state index in [1.165, 1.54) is 12.3 Å². The number of carbonyl (C=O) groups excluding carboxylic acids is 2. The summed E-state index contributed by atoms with van der Waals surface area (Å²) in [4.78, 5) is 45.8. The number of aromatic nitrogens is 1. The number of ether oxygens (including phenoxy) is 1. The summed E-state index contributed by atoms with van der Waals surface area (Å²) in [7, 11) is 0. The molecule has 1 saturated heterocycles. The van der Waals surface area contributed by atoms with Gasteiger partial charge < -0.3 is 19.9 Å². The van der Waals surface area contributed by atoms with Crippen LogP contribution < -0.4 is 10.2 Å². The van der Waals surface area contributed by atoms with Crippen LogP contribution in [0.5, 0.6) is 0 Å². The molecule has 1 N–H and O–H groups in total. The zero-order valence-electron chi connectivity index (χ0n) is 19.4. The number of nitro groups is 1. The highest BCUT2D eigenvalue weighted by Gasteiger charge is 2.36. The maximum Gasteiger partial charge on any atom is 0.294 e. The maximum absolute atomic E-state index is 13.5. The number of nitrogens with one attached hydrogen (secondary N) is 1. The first-order valence-electron chi connectivity index (χ1n) is 11.5. The Balaban J connectivity index is 1.53. The van der Waals surface area contributed by atoms with E-state index in [4.69, 9.17) is 4.74 Å². The first kappa shape index (κ1) is 25.3. The lowest BCUT2D eigenvalue weighted by molar-refractivity contribution is -0.384. The van der Waals surface area contributed by atoms with Gasteiger partial charge in [-0.05, 0) is 39.7 Å². The summed E-state index contributed by atoms with van der Waals surface area (Å²) in [5, 5.41) is 15.3. The second-order valence-corrected chi connectivity index (χ2v) is 10.4. The molecule has 0 aliphatic carbocycles. The van der Waals surface area contributed by atoms with E-state index in [9.17, 15) is 19.7 Å². The molecule has 1 aromatic heterocycles. The van der Waals surface area contributed by atoms with Crippen molar-refractivity contribution in [2.45, 2.75) is 6.04 Å². The molecule has 3 heterocycles. The molecular weight excluding hydrogens is 610 g/mol. The monoisotopic (exact) mass is 629 g/mol. The summed E-state index contributed by atoms with van der Waals surface area (Å²) < 4.78 is 6.46. The van der Waals surface area contributed by atoms with Gasteiger partial charge in [0.25, 0.3) is 17.5 Å². The van der Waals surface area contributed by atoms with Crippen molar-refractivity contribution in [3.8, 4) is 0 Å². The zero-order valence-corrected chi connectivity index (χ0v) is 22.6. The van der Waals surface area contributed by atoms with Crippen LogP contribution in [0.2, 0.25) is 0 Å². The minimum atomic E-state index is -0.514. The number of fused-ring (bicyclic) bond motifs is 1. The van der Waals surface area contributed by atoms with Gasteiger partial charge in [0.05, 0.1) is 41.9 Å². The number of carbonyl (C=O) groups is 2. The Morgan fingerprint density at radius 3 is 2.54 bits per heavy atom. The number of para-hydroxylation sites is 1. The number of benzene rings is 2. The minimum Gasteiger partial charge on any atom is -0.378 e. The number of morpholine rings is 1. The number of amides is 2. The third-order valence-corrected chi connectivity index (χ3v) is 7.18. The van der Waals surface area contributed by atoms with Crippen LogP contribution in [0.1, 0.15) is 32.3 Å². The number of anilines is 2. The molecule has 190 valence electrons. The topological polar surface area (TPSA) is 118 Å². The molecule has 3 aromatic rings. The number of hydrogen-bond donors (Lipinski definition) is 1. The van der Waals surface area contributed by atoms with E-state index in [0.717, 1.165) is 5.56 Å². The van der Waals surface area contributed by atoms with Gasteiger partial charge in [-0.2, -0.15) is 0 Å². The second-order valence-electron chi connectivity index (χ2n) is 8.57. The standard InChI is InChI=1S/C25H21Br2N5O5/c26-16-10-19(25(34)30-5-7-37-8-6-30)23(22(11-16)32(35)36)29-20-14-31(21-4-2-1-3-18(20)21)24(33)15-9-17(27)13-28-12-15/h1-4,9-13,20,29H,5-8,14H2/t20-/m0/s1.